The number of carbonyl (C=O) groups is 4. The van der Waals surface area contributed by atoms with Crippen LogP contribution in [0.2, 0.25) is 0 Å². The normalized spacial score (nSPS) is 21.3. The Morgan fingerprint density at radius 1 is 0.775 bits per heavy atom. The van der Waals surface area contributed by atoms with Gasteiger partial charge in [0.05, 0.1) is 19.6 Å². The molecule has 0 N–H and O–H groups in total. The van der Waals surface area contributed by atoms with Gasteiger partial charge in [0.1, 0.15) is 29.7 Å². The molecule has 391 valence electrons. The van der Waals surface area contributed by atoms with Crippen molar-refractivity contribution in [2.45, 2.75) is 148 Å². The van der Waals surface area contributed by atoms with Crippen molar-refractivity contribution in [2.24, 2.45) is 28.6 Å². The molecule has 0 fully saturated rings. The van der Waals surface area contributed by atoms with Crippen molar-refractivity contribution in [1.29, 1.82) is 0 Å². The molecule has 1 aliphatic heterocycles. The molecule has 71 heavy (non-hydrogen) atoms. The van der Waals surface area contributed by atoms with Crippen molar-refractivity contribution in [3.8, 4) is 0 Å². The van der Waals surface area contributed by atoms with Gasteiger partial charge in [-0.2, -0.15) is 0 Å². The van der Waals surface area contributed by atoms with E-state index in [1.165, 1.54) is 26.7 Å². The summed E-state index contributed by atoms with van der Waals surface area (Å²) in [5.74, 6) is -2.27. The van der Waals surface area contributed by atoms with E-state index in [4.69, 9.17) is 23.0 Å². The number of fused-ring (bicyclic) bond motifs is 4. The van der Waals surface area contributed by atoms with Gasteiger partial charge in [-0.3, -0.25) is 14.4 Å². The largest absolute Gasteiger partial charge is 0.469 e. The Morgan fingerprint density at radius 3 is 1.77 bits per heavy atom. The third-order valence-electron chi connectivity index (χ3n) is 12.0. The highest BCUT2D eigenvalue weighted by atomic mass is 16.6. The Bertz CT molecular complexity index is 2210. The van der Waals surface area contributed by atoms with Crippen LogP contribution in [0.3, 0.4) is 0 Å². The number of carbonyl (C=O) groups excluding carboxylic acids is 4. The predicted octanol–water partition coefficient (Wildman–Crippen LogP) is 15.6. The van der Waals surface area contributed by atoms with Crippen LogP contribution >= 0.6 is 0 Å². The lowest BCUT2D eigenvalue weighted by Crippen LogP contribution is -2.48. The molecule has 6 unspecified atom stereocenters. The van der Waals surface area contributed by atoms with Gasteiger partial charge < -0.3 is 23.0 Å². The second-order valence-corrected chi connectivity index (χ2v) is 16.3. The van der Waals surface area contributed by atoms with Crippen LogP contribution in [0.1, 0.15) is 175 Å². The number of ether oxygens (including phenoxy) is 3. The number of nitrogens with zero attached hydrogens (tertiary/aromatic N) is 2. The minimum atomic E-state index is -1.24. The van der Waals surface area contributed by atoms with Crippen molar-refractivity contribution >= 4 is 35.8 Å². The van der Waals surface area contributed by atoms with Gasteiger partial charge in [0.2, 0.25) is 17.6 Å². The van der Waals surface area contributed by atoms with Crippen LogP contribution < -0.4 is 0 Å². The monoisotopic (exact) mass is 980 g/mol. The molecule has 1 radical (unpaired) electrons. The molecule has 11 heteroatoms. The smallest absolute Gasteiger partial charge is 0.360 e. The Balaban J connectivity index is 0.00000454. The molecule has 6 atom stereocenters. The number of hydrogen-bond donors (Lipinski definition) is 0. The zero-order valence-electron chi connectivity index (χ0n) is 46.0. The summed E-state index contributed by atoms with van der Waals surface area (Å²) in [5, 5.41) is 0. The minimum absolute atomic E-state index is 0.0434. The summed E-state index contributed by atoms with van der Waals surface area (Å²) in [4.78, 5) is 63.6. The summed E-state index contributed by atoms with van der Waals surface area (Å²) < 4.78 is 28.1. The molecule has 3 heterocycles. The van der Waals surface area contributed by atoms with Crippen molar-refractivity contribution < 1.29 is 42.2 Å². The molecule has 0 amide bonds. The van der Waals surface area contributed by atoms with Gasteiger partial charge in [0.15, 0.2) is 5.69 Å². The number of Topliss-reactive ketones (excluding diaryl/α,β-unsaturated/α-hetero) is 1. The highest BCUT2D eigenvalue weighted by Gasteiger charge is 2.52. The van der Waals surface area contributed by atoms with Crippen LogP contribution in [0.4, 0.5) is 0 Å². The van der Waals surface area contributed by atoms with Crippen molar-refractivity contribution in [2.75, 3.05) is 14.2 Å². The maximum atomic E-state index is 13.8. The van der Waals surface area contributed by atoms with Gasteiger partial charge in [-0.15, -0.1) is 6.58 Å². The molecule has 4 rings (SSSR count). The van der Waals surface area contributed by atoms with Crippen LogP contribution in [-0.2, 0) is 23.8 Å². The summed E-state index contributed by atoms with van der Waals surface area (Å²) in [6, 6.07) is 0. The minimum Gasteiger partial charge on any atom is -0.469 e. The number of esters is 3. The first-order chi connectivity index (χ1) is 34.2. The Labute approximate surface area is 427 Å². The van der Waals surface area contributed by atoms with E-state index in [0.717, 1.165) is 36.8 Å². The van der Waals surface area contributed by atoms with E-state index >= 15 is 0 Å². The van der Waals surface area contributed by atoms with Gasteiger partial charge in [-0.1, -0.05) is 166 Å². The Hall–Kier alpha value is -6.10. The molecule has 2 aromatic rings. The number of ketones is 1. The first kappa shape index (κ1) is 64.9. The number of rotatable bonds is 13. The third kappa shape index (κ3) is 19.2. The van der Waals surface area contributed by atoms with Crippen LogP contribution in [0.25, 0.3) is 12.2 Å². The fourth-order valence-electron chi connectivity index (χ4n) is 7.90. The molecule has 1 aliphatic carbocycles. The average Bonchev–Trinajstić information content (AvgIpc) is 3.77. The standard InChI is InChI=1S/C50H61N2O9.C4H8.3C2H6/c1-10-24-36(25-11-2)49(6,47(55)57-8)39-26-20-16-14-18-23-29-44-52-41(33-60-44)46(54)61-42(50(7,48(56)58-9)35(13-4)30-34(5)12-3)27-21-17-15-19-22-28-43-51-40(32-59-43)45(53)38-31-37(38)39;1-3-4-2;3*1-2/h10,14-24,28-33,35-36,39,42H,11-13,25-27H2,1-9H3;3H,1,4H2,2H3;3*1-2H3/b18-14+,19-15+,20-16-,21-17-,24-10+,28-22+,29-23+,34-30-;;;;. The number of oxazole rings is 2. The van der Waals surface area contributed by atoms with E-state index in [2.05, 4.69) is 42.5 Å². The van der Waals surface area contributed by atoms with E-state index in [1.807, 2.05) is 119 Å². The van der Waals surface area contributed by atoms with Crippen LogP contribution in [0.5, 0.6) is 0 Å². The summed E-state index contributed by atoms with van der Waals surface area (Å²) >= 11 is 0. The Kier molecular flexibility index (Phi) is 32.8. The first-order valence-electron chi connectivity index (χ1n) is 25.6. The average molecular weight is 980 g/mol. The maximum absolute atomic E-state index is 13.8. The topological polar surface area (TPSA) is 148 Å². The summed E-state index contributed by atoms with van der Waals surface area (Å²) in [6.07, 6.45) is 37.4. The van der Waals surface area contributed by atoms with Crippen molar-refractivity contribution in [3.63, 3.8) is 0 Å². The lowest BCUT2D eigenvalue weighted by Gasteiger charge is -2.39. The zero-order chi connectivity index (χ0) is 54.0. The molecule has 0 saturated carbocycles. The van der Waals surface area contributed by atoms with Gasteiger partial charge in [0, 0.05) is 36.5 Å². The molecular weight excluding hydrogens is 893 g/mol. The number of aromatic nitrogens is 2. The zero-order valence-corrected chi connectivity index (χ0v) is 46.0. The molecule has 0 spiro atoms. The highest BCUT2D eigenvalue weighted by molar-refractivity contribution is 6.14. The van der Waals surface area contributed by atoms with Crippen molar-refractivity contribution in [1.82, 2.24) is 9.97 Å². The molecule has 4 bridgehead atoms. The molecular formula is C60H87N2O9. The lowest BCUT2D eigenvalue weighted by molar-refractivity contribution is -0.163. The SMILES string of the molecule is C/C=C/C(CCC)C(C)(C(=O)OC)C1C\C=C/C=C/C=C/c2nc(co2)C(=O)OC(C(C)(C(=O)OC)C(/C=C(/C)CC)CC)C\C=C/C=C/C=C/c2nc(co2)C(=O)C2=C1[CH]2.C=CCC.CC.CC.CC. The maximum Gasteiger partial charge on any atom is 0.360 e. The summed E-state index contributed by atoms with van der Waals surface area (Å²) in [5.41, 5.74) is 0.281. The molecule has 0 saturated heterocycles. The molecule has 2 aromatic heterocycles. The summed E-state index contributed by atoms with van der Waals surface area (Å²) in [7, 11) is 2.73. The van der Waals surface area contributed by atoms with Crippen molar-refractivity contribution in [3.05, 3.63) is 150 Å². The van der Waals surface area contributed by atoms with E-state index < -0.39 is 28.9 Å². The van der Waals surface area contributed by atoms with Crippen LogP contribution in [-0.4, -0.2) is 54.0 Å². The fourth-order valence-corrected chi connectivity index (χ4v) is 7.90. The quantitative estimate of drug-likeness (QED) is 0.107. The third-order valence-corrected chi connectivity index (χ3v) is 12.0. The van der Waals surface area contributed by atoms with E-state index in [-0.39, 0.29) is 59.1 Å². The second kappa shape index (κ2) is 35.9. The first-order valence-corrected chi connectivity index (χ1v) is 25.6. The molecule has 11 nitrogen and oxygen atoms in total. The fraction of sp³-hybridized carbons (Fsp3) is 0.483. The predicted molar refractivity (Wildman–Crippen MR) is 291 cm³/mol. The van der Waals surface area contributed by atoms with Crippen LogP contribution in [0, 0.1) is 35.0 Å². The molecule has 0 aromatic carbocycles. The van der Waals surface area contributed by atoms with E-state index in [1.54, 1.807) is 55.5 Å². The van der Waals surface area contributed by atoms with E-state index in [9.17, 15) is 19.2 Å². The van der Waals surface area contributed by atoms with Gasteiger partial charge in [0.25, 0.3) is 0 Å². The van der Waals surface area contributed by atoms with Gasteiger partial charge in [-0.05, 0) is 77.2 Å². The van der Waals surface area contributed by atoms with E-state index in [0.29, 0.717) is 18.4 Å². The lowest BCUT2D eigenvalue weighted by atomic mass is 9.64. The number of allylic oxidation sites excluding steroid dienone is 16. The molecule has 2 aliphatic rings. The van der Waals surface area contributed by atoms with Gasteiger partial charge >= 0.3 is 17.9 Å². The number of hydrogen-bond acceptors (Lipinski definition) is 11. The second-order valence-electron chi connectivity index (χ2n) is 16.3. The van der Waals surface area contributed by atoms with Crippen LogP contribution in [0.15, 0.2) is 130 Å². The summed E-state index contributed by atoms with van der Waals surface area (Å²) in [6.45, 7) is 31.3. The Morgan fingerprint density at radius 2 is 1.28 bits per heavy atom. The highest BCUT2D eigenvalue weighted by Crippen LogP contribution is 2.53. The van der Waals surface area contributed by atoms with Gasteiger partial charge in [-0.25, -0.2) is 14.8 Å². The number of methoxy groups -OCH3 is 2. The number of cyclic esters (lactones) is 1.